The molecule has 7 heteroatoms. The van der Waals surface area contributed by atoms with Gasteiger partial charge in [0.05, 0.1) is 5.25 Å². The summed E-state index contributed by atoms with van der Waals surface area (Å²) in [5, 5.41) is 15.1. The van der Waals surface area contributed by atoms with E-state index in [1.54, 1.807) is 23.1 Å². The third-order valence-electron chi connectivity index (χ3n) is 6.25. The van der Waals surface area contributed by atoms with Crippen LogP contribution in [0.2, 0.25) is 0 Å². The van der Waals surface area contributed by atoms with Crippen LogP contribution in [0.4, 0.5) is 0 Å². The molecule has 0 aromatic carbocycles. The minimum absolute atomic E-state index is 0.126. The van der Waals surface area contributed by atoms with Gasteiger partial charge in [-0.2, -0.15) is 0 Å². The summed E-state index contributed by atoms with van der Waals surface area (Å²) in [6, 6.07) is 5.02. The topological polar surface area (TPSA) is 59.8 Å². The number of carbonyl (C=O) groups excluding carboxylic acids is 1. The van der Waals surface area contributed by atoms with Crippen LogP contribution in [-0.4, -0.2) is 32.0 Å². The van der Waals surface area contributed by atoms with Crippen LogP contribution in [0.3, 0.4) is 0 Å². The molecule has 1 amide bonds. The van der Waals surface area contributed by atoms with E-state index >= 15 is 0 Å². The Balaban J connectivity index is 1.42. The molecule has 0 aliphatic heterocycles. The van der Waals surface area contributed by atoms with E-state index in [4.69, 9.17) is 0 Å². The number of aromatic nitrogens is 3. The van der Waals surface area contributed by atoms with Crippen molar-refractivity contribution in [3.8, 4) is 0 Å². The normalized spacial score (nSPS) is 26.2. The lowest BCUT2D eigenvalue weighted by Crippen LogP contribution is -2.46. The predicted octanol–water partition coefficient (Wildman–Crippen LogP) is 4.69. The molecule has 2 aromatic rings. The zero-order valence-electron chi connectivity index (χ0n) is 16.9. The second-order valence-electron chi connectivity index (χ2n) is 8.40. The maximum Gasteiger partial charge on any atom is 0.233 e. The van der Waals surface area contributed by atoms with Crippen molar-refractivity contribution >= 4 is 29.0 Å². The second-order valence-corrected chi connectivity index (χ2v) is 10.7. The Morgan fingerprint density at radius 3 is 2.86 bits per heavy atom. The third-order valence-corrected chi connectivity index (χ3v) is 8.18. The molecule has 0 unspecified atom stereocenters. The summed E-state index contributed by atoms with van der Waals surface area (Å²) in [5.74, 6) is 2.37. The zero-order valence-corrected chi connectivity index (χ0v) is 18.6. The molecule has 2 heterocycles. The van der Waals surface area contributed by atoms with Crippen LogP contribution in [0.5, 0.6) is 0 Å². The predicted molar refractivity (Wildman–Crippen MR) is 115 cm³/mol. The Hall–Kier alpha value is -1.34. The van der Waals surface area contributed by atoms with E-state index in [0.29, 0.717) is 23.9 Å². The third kappa shape index (κ3) is 4.46. The highest BCUT2D eigenvalue weighted by molar-refractivity contribution is 8.00. The van der Waals surface area contributed by atoms with Crippen LogP contribution < -0.4 is 5.32 Å². The summed E-state index contributed by atoms with van der Waals surface area (Å²) in [7, 11) is 0. The van der Waals surface area contributed by atoms with Crippen LogP contribution in [0.15, 0.2) is 22.7 Å². The molecule has 0 saturated heterocycles. The quantitative estimate of drug-likeness (QED) is 0.663. The zero-order chi connectivity index (χ0) is 19.7. The number of rotatable bonds is 7. The minimum atomic E-state index is -0.166. The van der Waals surface area contributed by atoms with Gasteiger partial charge in [0.2, 0.25) is 5.91 Å². The van der Waals surface area contributed by atoms with Crippen molar-refractivity contribution in [3.05, 3.63) is 28.2 Å². The number of carbonyl (C=O) groups is 1. The Labute approximate surface area is 175 Å². The molecule has 0 radical (unpaired) electrons. The first-order valence-electron chi connectivity index (χ1n) is 10.5. The average molecular weight is 419 g/mol. The lowest BCUT2D eigenvalue weighted by atomic mass is 9.78. The Morgan fingerprint density at radius 2 is 2.14 bits per heavy atom. The molecule has 0 spiro atoms. The smallest absolute Gasteiger partial charge is 0.233 e. The van der Waals surface area contributed by atoms with Crippen molar-refractivity contribution < 1.29 is 4.79 Å². The maximum absolute atomic E-state index is 12.8. The van der Waals surface area contributed by atoms with E-state index in [1.165, 1.54) is 30.6 Å². The molecule has 2 saturated carbocycles. The van der Waals surface area contributed by atoms with E-state index < -0.39 is 0 Å². The number of nitrogens with zero attached hydrogens (tertiary/aromatic N) is 3. The maximum atomic E-state index is 12.8. The number of thioether (sulfide) groups is 1. The summed E-state index contributed by atoms with van der Waals surface area (Å²) in [6.45, 7) is 6.56. The van der Waals surface area contributed by atoms with Gasteiger partial charge in [-0.25, -0.2) is 0 Å². The molecular weight excluding hydrogens is 388 g/mol. The fraction of sp³-hybridized carbons (Fsp3) is 0.667. The number of nitrogens with one attached hydrogen (secondary N) is 1. The van der Waals surface area contributed by atoms with Crippen molar-refractivity contribution in [2.45, 2.75) is 81.8 Å². The van der Waals surface area contributed by atoms with E-state index in [1.807, 2.05) is 6.92 Å². The van der Waals surface area contributed by atoms with Gasteiger partial charge >= 0.3 is 0 Å². The van der Waals surface area contributed by atoms with E-state index in [2.05, 4.69) is 51.4 Å². The molecule has 28 heavy (non-hydrogen) atoms. The van der Waals surface area contributed by atoms with Gasteiger partial charge in [0, 0.05) is 23.4 Å². The largest absolute Gasteiger partial charge is 0.352 e. The molecule has 2 fully saturated rings. The number of amides is 1. The Bertz CT molecular complexity index is 799. The first kappa shape index (κ1) is 20.0. The van der Waals surface area contributed by atoms with Gasteiger partial charge < -0.3 is 9.88 Å². The summed E-state index contributed by atoms with van der Waals surface area (Å²) in [6.07, 6.45) is 6.76. The molecule has 2 aliphatic carbocycles. The van der Waals surface area contributed by atoms with E-state index in [9.17, 15) is 4.79 Å². The van der Waals surface area contributed by atoms with Crippen molar-refractivity contribution in [1.82, 2.24) is 20.1 Å². The second kappa shape index (κ2) is 8.57. The average Bonchev–Trinajstić information content (AvgIpc) is 3.23. The Morgan fingerprint density at radius 1 is 1.32 bits per heavy atom. The summed E-state index contributed by atoms with van der Waals surface area (Å²) >= 11 is 3.31. The van der Waals surface area contributed by atoms with Crippen molar-refractivity contribution in [3.63, 3.8) is 0 Å². The molecule has 4 atom stereocenters. The van der Waals surface area contributed by atoms with Gasteiger partial charge in [0.25, 0.3) is 0 Å². The minimum Gasteiger partial charge on any atom is -0.352 e. The fourth-order valence-corrected chi connectivity index (χ4v) is 5.72. The molecular formula is C21H30N4OS2. The van der Waals surface area contributed by atoms with Crippen LogP contribution in [0.1, 0.15) is 69.6 Å². The fourth-order valence-electron chi connectivity index (χ4n) is 4.07. The molecule has 5 nitrogen and oxygen atoms in total. The Kier molecular flexibility index (Phi) is 6.11. The van der Waals surface area contributed by atoms with Crippen molar-refractivity contribution in [2.75, 3.05) is 0 Å². The van der Waals surface area contributed by atoms with Crippen molar-refractivity contribution in [2.24, 2.45) is 11.8 Å². The van der Waals surface area contributed by atoms with Gasteiger partial charge in [0.15, 0.2) is 5.16 Å². The molecule has 2 aliphatic rings. The van der Waals surface area contributed by atoms with E-state index in [-0.39, 0.29) is 11.2 Å². The first-order chi connectivity index (χ1) is 13.5. The monoisotopic (exact) mass is 418 g/mol. The van der Waals surface area contributed by atoms with Crippen LogP contribution in [-0.2, 0) is 11.2 Å². The lowest BCUT2D eigenvalue weighted by molar-refractivity contribution is -0.121. The highest BCUT2D eigenvalue weighted by Gasteiger charge is 2.33. The van der Waals surface area contributed by atoms with Gasteiger partial charge in [-0.15, -0.1) is 21.5 Å². The van der Waals surface area contributed by atoms with Gasteiger partial charge in [-0.3, -0.25) is 4.79 Å². The van der Waals surface area contributed by atoms with Gasteiger partial charge in [-0.05, 0) is 49.5 Å². The summed E-state index contributed by atoms with van der Waals surface area (Å²) < 4.78 is 2.28. The van der Waals surface area contributed by atoms with Crippen LogP contribution >= 0.6 is 23.1 Å². The van der Waals surface area contributed by atoms with E-state index in [0.717, 1.165) is 23.8 Å². The molecule has 0 bridgehead atoms. The van der Waals surface area contributed by atoms with Gasteiger partial charge in [-0.1, -0.05) is 44.5 Å². The van der Waals surface area contributed by atoms with Crippen LogP contribution in [0.25, 0.3) is 0 Å². The highest BCUT2D eigenvalue weighted by Crippen LogP contribution is 2.40. The molecule has 152 valence electrons. The summed E-state index contributed by atoms with van der Waals surface area (Å²) in [4.78, 5) is 14.1. The SMILES string of the molecule is C[C@@H]1[C@@H](C)CCC[C@H]1NC(=O)[C@@H](C)Sc1nnc(Cc2cccs2)n1C1CC1. The van der Waals surface area contributed by atoms with Crippen molar-refractivity contribution in [1.29, 1.82) is 0 Å². The molecule has 1 N–H and O–H groups in total. The molecule has 2 aromatic heterocycles. The lowest BCUT2D eigenvalue weighted by Gasteiger charge is -2.35. The van der Waals surface area contributed by atoms with Crippen LogP contribution in [0, 0.1) is 11.8 Å². The highest BCUT2D eigenvalue weighted by atomic mass is 32.2. The standard InChI is InChI=1S/C21H30N4OS2/c1-13-6-4-8-18(14(13)2)22-20(26)15(3)28-21-24-23-19(25(21)16-9-10-16)12-17-7-5-11-27-17/h5,7,11,13-16,18H,4,6,8-10,12H2,1-3H3,(H,22,26)/t13-,14+,15+,18+/m0/s1. The van der Waals surface area contributed by atoms with Gasteiger partial charge in [0.1, 0.15) is 5.82 Å². The number of hydrogen-bond donors (Lipinski definition) is 1. The molecule has 4 rings (SSSR count). The summed E-state index contributed by atoms with van der Waals surface area (Å²) in [5.41, 5.74) is 0. The first-order valence-corrected chi connectivity index (χ1v) is 12.2. The number of hydrogen-bond acceptors (Lipinski definition) is 5. The number of thiophene rings is 1.